The van der Waals surface area contributed by atoms with Crippen molar-refractivity contribution in [3.05, 3.63) is 22.9 Å². The molecule has 3 rings (SSSR count). The van der Waals surface area contributed by atoms with Crippen LogP contribution in [0.4, 0.5) is 5.69 Å². The third-order valence-electron chi connectivity index (χ3n) is 4.49. The van der Waals surface area contributed by atoms with Crippen LogP contribution >= 0.6 is 0 Å². The van der Waals surface area contributed by atoms with Gasteiger partial charge in [-0.3, -0.25) is 4.90 Å². The summed E-state index contributed by atoms with van der Waals surface area (Å²) in [4.78, 5) is 16.9. The number of ether oxygens (including phenoxy) is 2. The Kier molecular flexibility index (Phi) is 4.62. The summed E-state index contributed by atoms with van der Waals surface area (Å²) in [5.41, 5.74) is 10.2. The first-order valence-electron chi connectivity index (χ1n) is 8.40. The molecule has 2 aromatic rings. The molecule has 0 radical (unpaired) electrons. The van der Waals surface area contributed by atoms with Crippen LogP contribution in [0, 0.1) is 0 Å². The number of aromatic nitrogens is 1. The summed E-state index contributed by atoms with van der Waals surface area (Å²) in [5.74, 6) is 0.378. The van der Waals surface area contributed by atoms with Gasteiger partial charge in [0.25, 0.3) is 0 Å². The summed E-state index contributed by atoms with van der Waals surface area (Å²) in [6, 6.07) is 1.89. The Morgan fingerprint density at radius 3 is 2.76 bits per heavy atom. The Morgan fingerprint density at radius 1 is 1.40 bits per heavy atom. The van der Waals surface area contributed by atoms with Gasteiger partial charge in [-0.25, -0.2) is 4.79 Å². The molecule has 7 heteroatoms. The molecular formula is C18H26N4O3. The number of nitrogens with two attached hydrogens (primary N) is 1. The van der Waals surface area contributed by atoms with Gasteiger partial charge < -0.3 is 24.7 Å². The van der Waals surface area contributed by atoms with Gasteiger partial charge in [-0.1, -0.05) is 0 Å². The van der Waals surface area contributed by atoms with E-state index in [-0.39, 0.29) is 5.97 Å². The highest BCUT2D eigenvalue weighted by Gasteiger charge is 2.29. The number of aryl methyl sites for hydroxylation is 1. The Hall–Kier alpha value is -2.25. The van der Waals surface area contributed by atoms with Crippen LogP contribution in [0.15, 0.2) is 6.07 Å². The molecule has 1 aliphatic rings. The highest BCUT2D eigenvalue weighted by atomic mass is 16.5. The third-order valence-corrected chi connectivity index (χ3v) is 4.49. The minimum atomic E-state index is -0.301. The molecule has 0 bridgehead atoms. The number of anilines is 1. The average Bonchev–Trinajstić information content (AvgIpc) is 2.80. The maximum Gasteiger partial charge on any atom is 0.340 e. The first-order valence-corrected chi connectivity index (χ1v) is 8.40. The van der Waals surface area contributed by atoms with Crippen molar-refractivity contribution in [2.24, 2.45) is 7.05 Å². The molecule has 0 fully saturated rings. The number of hydrogen-bond acceptors (Lipinski definition) is 6. The molecule has 0 spiro atoms. The van der Waals surface area contributed by atoms with E-state index in [2.05, 4.69) is 4.90 Å². The fourth-order valence-electron chi connectivity index (χ4n) is 3.45. The van der Waals surface area contributed by atoms with E-state index in [0.29, 0.717) is 43.4 Å². The smallest absolute Gasteiger partial charge is 0.340 e. The van der Waals surface area contributed by atoms with Crippen LogP contribution in [0.3, 0.4) is 0 Å². The first-order chi connectivity index (χ1) is 11.8. The number of nitrogens with zero attached hydrogens (tertiary/aromatic N) is 3. The lowest BCUT2D eigenvalue weighted by atomic mass is 10.0. The lowest BCUT2D eigenvalue weighted by Gasteiger charge is -2.27. The quantitative estimate of drug-likeness (QED) is 0.672. The average molecular weight is 346 g/mol. The molecule has 25 heavy (non-hydrogen) atoms. The van der Waals surface area contributed by atoms with Gasteiger partial charge in [0.1, 0.15) is 12.5 Å². The summed E-state index contributed by atoms with van der Waals surface area (Å²) >= 11 is 0. The predicted molar refractivity (Wildman–Crippen MR) is 97.6 cm³/mol. The van der Waals surface area contributed by atoms with Gasteiger partial charge in [0.05, 0.1) is 23.4 Å². The Labute approximate surface area is 147 Å². The third kappa shape index (κ3) is 2.94. The van der Waals surface area contributed by atoms with Crippen molar-refractivity contribution in [3.8, 4) is 5.75 Å². The first kappa shape index (κ1) is 17.6. The molecule has 0 saturated carbocycles. The molecular weight excluding hydrogens is 320 g/mol. The molecule has 7 nitrogen and oxygen atoms in total. The van der Waals surface area contributed by atoms with Crippen LogP contribution in [0.25, 0.3) is 10.9 Å². The van der Waals surface area contributed by atoms with E-state index < -0.39 is 0 Å². The summed E-state index contributed by atoms with van der Waals surface area (Å²) in [6.07, 6.45) is 0. The van der Waals surface area contributed by atoms with Crippen molar-refractivity contribution in [2.45, 2.75) is 20.0 Å². The molecule has 0 unspecified atom stereocenters. The van der Waals surface area contributed by atoms with Gasteiger partial charge in [0.15, 0.2) is 0 Å². The summed E-state index contributed by atoms with van der Waals surface area (Å²) in [6.45, 7) is 3.94. The zero-order valence-corrected chi connectivity index (χ0v) is 15.5. The molecule has 0 saturated heterocycles. The summed E-state index contributed by atoms with van der Waals surface area (Å²) < 4.78 is 13.2. The van der Waals surface area contributed by atoms with Crippen molar-refractivity contribution < 1.29 is 14.3 Å². The zero-order chi connectivity index (χ0) is 18.3. The molecule has 136 valence electrons. The highest BCUT2D eigenvalue weighted by Crippen LogP contribution is 2.41. The second-order valence-corrected chi connectivity index (χ2v) is 6.79. The van der Waals surface area contributed by atoms with Gasteiger partial charge in [0.2, 0.25) is 0 Å². The number of rotatable bonds is 4. The predicted octanol–water partition coefficient (Wildman–Crippen LogP) is 1.78. The van der Waals surface area contributed by atoms with E-state index in [0.717, 1.165) is 22.2 Å². The number of hydrogen-bond donors (Lipinski definition) is 1. The van der Waals surface area contributed by atoms with E-state index in [9.17, 15) is 4.79 Å². The molecule has 1 aliphatic heterocycles. The minimum Gasteiger partial charge on any atom is -0.476 e. The Morgan fingerprint density at radius 2 is 2.12 bits per heavy atom. The van der Waals surface area contributed by atoms with E-state index in [4.69, 9.17) is 15.2 Å². The second kappa shape index (κ2) is 6.57. The fourth-order valence-corrected chi connectivity index (χ4v) is 3.45. The van der Waals surface area contributed by atoms with Gasteiger partial charge >= 0.3 is 5.97 Å². The Bertz CT molecular complexity index is 826. The molecule has 1 aromatic carbocycles. The van der Waals surface area contributed by atoms with Crippen molar-refractivity contribution >= 4 is 22.6 Å². The van der Waals surface area contributed by atoms with Crippen molar-refractivity contribution in [1.29, 1.82) is 0 Å². The highest BCUT2D eigenvalue weighted by molar-refractivity contribution is 6.09. The minimum absolute atomic E-state index is 0.301. The lowest BCUT2D eigenvalue weighted by Crippen LogP contribution is -2.29. The normalized spacial score (nSPS) is 14.6. The van der Waals surface area contributed by atoms with Crippen molar-refractivity contribution in [3.63, 3.8) is 0 Å². The Balaban J connectivity index is 2.36. The maximum atomic E-state index is 12.8. The maximum absolute atomic E-state index is 12.8. The second-order valence-electron chi connectivity index (χ2n) is 6.79. The molecule has 0 atom stereocenters. The standard InChI is InChI=1S/C18H26N4O3/c1-6-24-18(23)16-14(9-20(2)3)22(5)13-7-12(19)17-11(15(13)16)8-21(4)10-25-17/h7H,6,8-10,19H2,1-5H3. The zero-order valence-electron chi connectivity index (χ0n) is 15.5. The summed E-state index contributed by atoms with van der Waals surface area (Å²) in [5, 5.41) is 0.883. The van der Waals surface area contributed by atoms with Gasteiger partial charge in [-0.2, -0.15) is 0 Å². The van der Waals surface area contributed by atoms with Crippen LogP contribution < -0.4 is 10.5 Å². The van der Waals surface area contributed by atoms with Crippen LogP contribution in [0.5, 0.6) is 5.75 Å². The van der Waals surface area contributed by atoms with Crippen LogP contribution in [-0.4, -0.2) is 54.8 Å². The van der Waals surface area contributed by atoms with Crippen LogP contribution in [0.1, 0.15) is 28.5 Å². The number of carbonyl (C=O) groups excluding carboxylic acids is 1. The van der Waals surface area contributed by atoms with E-state index in [1.165, 1.54) is 0 Å². The molecule has 2 N–H and O–H groups in total. The number of carbonyl (C=O) groups is 1. The SMILES string of the molecule is CCOC(=O)c1c(CN(C)C)n(C)c2cc(N)c3c(c12)CN(C)CO3. The number of esters is 1. The van der Waals surface area contributed by atoms with E-state index in [1.807, 2.05) is 50.6 Å². The topological polar surface area (TPSA) is 73.0 Å². The summed E-state index contributed by atoms with van der Waals surface area (Å²) in [7, 11) is 7.90. The van der Waals surface area contributed by atoms with E-state index >= 15 is 0 Å². The lowest BCUT2D eigenvalue weighted by molar-refractivity contribution is 0.0526. The van der Waals surface area contributed by atoms with E-state index in [1.54, 1.807) is 0 Å². The molecule has 0 aliphatic carbocycles. The van der Waals surface area contributed by atoms with Crippen molar-refractivity contribution in [1.82, 2.24) is 14.4 Å². The van der Waals surface area contributed by atoms with Gasteiger partial charge in [-0.05, 0) is 34.1 Å². The van der Waals surface area contributed by atoms with Crippen LogP contribution in [-0.2, 0) is 24.9 Å². The fraction of sp³-hybridized carbons (Fsp3) is 0.500. The number of fused-ring (bicyclic) bond motifs is 3. The van der Waals surface area contributed by atoms with Gasteiger partial charge in [-0.15, -0.1) is 0 Å². The van der Waals surface area contributed by atoms with Gasteiger partial charge in [0, 0.05) is 36.8 Å². The monoisotopic (exact) mass is 346 g/mol. The molecule has 2 heterocycles. The van der Waals surface area contributed by atoms with Crippen LogP contribution in [0.2, 0.25) is 0 Å². The number of benzene rings is 1. The van der Waals surface area contributed by atoms with Crippen molar-refractivity contribution in [2.75, 3.05) is 40.2 Å². The number of nitrogen functional groups attached to an aromatic ring is 1. The molecule has 1 aromatic heterocycles. The largest absolute Gasteiger partial charge is 0.476 e. The molecule has 0 amide bonds.